The SMILES string of the molecule is COCC1CC1c1cccc(Cc2ccc(C(=O)O)cc2C(=O)O)c1. The topological polar surface area (TPSA) is 83.8 Å². The monoisotopic (exact) mass is 340 g/mol. The first-order valence-corrected chi connectivity index (χ1v) is 8.17. The number of rotatable bonds is 7. The van der Waals surface area contributed by atoms with Gasteiger partial charge in [0.15, 0.2) is 0 Å². The molecule has 25 heavy (non-hydrogen) atoms. The Hall–Kier alpha value is -2.66. The molecule has 0 heterocycles. The highest BCUT2D eigenvalue weighted by Gasteiger charge is 2.38. The lowest BCUT2D eigenvalue weighted by atomic mass is 9.96. The molecule has 2 unspecified atom stereocenters. The molecule has 0 bridgehead atoms. The van der Waals surface area contributed by atoms with Crippen LogP contribution in [0.15, 0.2) is 42.5 Å². The van der Waals surface area contributed by atoms with Gasteiger partial charge in [-0.25, -0.2) is 9.59 Å². The third-order valence-corrected chi connectivity index (χ3v) is 4.66. The third-order valence-electron chi connectivity index (χ3n) is 4.66. The molecule has 0 saturated heterocycles. The second-order valence-electron chi connectivity index (χ2n) is 6.46. The zero-order valence-electron chi connectivity index (χ0n) is 13.9. The number of ether oxygens (including phenoxy) is 1. The number of methoxy groups -OCH3 is 1. The van der Waals surface area contributed by atoms with Gasteiger partial charge in [0.05, 0.1) is 11.1 Å². The van der Waals surface area contributed by atoms with Crippen LogP contribution in [0.5, 0.6) is 0 Å². The number of carboxylic acids is 2. The number of aromatic carboxylic acids is 2. The maximum absolute atomic E-state index is 11.5. The summed E-state index contributed by atoms with van der Waals surface area (Å²) < 4.78 is 5.20. The van der Waals surface area contributed by atoms with E-state index in [4.69, 9.17) is 9.84 Å². The van der Waals surface area contributed by atoms with E-state index in [0.29, 0.717) is 23.8 Å². The van der Waals surface area contributed by atoms with E-state index in [1.807, 2.05) is 12.1 Å². The van der Waals surface area contributed by atoms with Crippen LogP contribution >= 0.6 is 0 Å². The number of hydrogen-bond donors (Lipinski definition) is 2. The molecule has 1 aliphatic carbocycles. The maximum Gasteiger partial charge on any atom is 0.336 e. The molecule has 2 atom stereocenters. The fourth-order valence-corrected chi connectivity index (χ4v) is 3.27. The Labute approximate surface area is 145 Å². The Morgan fingerprint density at radius 2 is 1.92 bits per heavy atom. The maximum atomic E-state index is 11.5. The number of carbonyl (C=O) groups is 2. The van der Waals surface area contributed by atoms with E-state index >= 15 is 0 Å². The van der Waals surface area contributed by atoms with E-state index in [1.165, 1.54) is 17.7 Å². The van der Waals surface area contributed by atoms with Crippen molar-refractivity contribution < 1.29 is 24.5 Å². The van der Waals surface area contributed by atoms with Crippen molar-refractivity contribution in [2.24, 2.45) is 5.92 Å². The molecule has 5 heteroatoms. The third kappa shape index (κ3) is 3.88. The summed E-state index contributed by atoms with van der Waals surface area (Å²) in [6, 6.07) is 12.4. The lowest BCUT2D eigenvalue weighted by molar-refractivity contribution is 0.0695. The van der Waals surface area contributed by atoms with E-state index in [9.17, 15) is 14.7 Å². The second-order valence-corrected chi connectivity index (χ2v) is 6.46. The van der Waals surface area contributed by atoms with Crippen LogP contribution in [0.3, 0.4) is 0 Å². The quantitative estimate of drug-likeness (QED) is 0.807. The van der Waals surface area contributed by atoms with Gasteiger partial charge in [0, 0.05) is 13.7 Å². The standard InChI is InChI=1S/C20H20O5/c1-25-11-16-10-17(16)13-4-2-3-12(7-13)8-14-5-6-15(19(21)22)9-18(14)20(23)24/h2-7,9,16-17H,8,10-11H2,1H3,(H,21,22)(H,23,24). The first-order valence-electron chi connectivity index (χ1n) is 8.17. The van der Waals surface area contributed by atoms with Gasteiger partial charge in [-0.3, -0.25) is 0 Å². The van der Waals surface area contributed by atoms with Crippen molar-refractivity contribution in [3.05, 3.63) is 70.3 Å². The highest BCUT2D eigenvalue weighted by Crippen LogP contribution is 2.47. The molecule has 2 aromatic carbocycles. The van der Waals surface area contributed by atoms with Gasteiger partial charge in [-0.15, -0.1) is 0 Å². The number of hydrogen-bond acceptors (Lipinski definition) is 3. The summed E-state index contributed by atoms with van der Waals surface area (Å²) in [5, 5.41) is 18.4. The predicted molar refractivity (Wildman–Crippen MR) is 92.3 cm³/mol. The lowest BCUT2D eigenvalue weighted by Crippen LogP contribution is -2.07. The van der Waals surface area contributed by atoms with E-state index < -0.39 is 11.9 Å². The van der Waals surface area contributed by atoms with Crippen molar-refractivity contribution in [2.45, 2.75) is 18.8 Å². The zero-order chi connectivity index (χ0) is 18.0. The number of carboxylic acid groups (broad SMARTS) is 2. The molecular weight excluding hydrogens is 320 g/mol. The first kappa shape index (κ1) is 17.2. The molecule has 0 aromatic heterocycles. The molecule has 130 valence electrons. The molecule has 2 aromatic rings. The van der Waals surface area contributed by atoms with Gasteiger partial charge in [0.2, 0.25) is 0 Å². The van der Waals surface area contributed by atoms with E-state index in [2.05, 4.69) is 12.1 Å². The average molecular weight is 340 g/mol. The number of benzene rings is 2. The smallest absolute Gasteiger partial charge is 0.336 e. The minimum absolute atomic E-state index is 0.0183. The molecular formula is C20H20O5. The van der Waals surface area contributed by atoms with E-state index in [0.717, 1.165) is 18.6 Å². The van der Waals surface area contributed by atoms with Crippen molar-refractivity contribution in [1.29, 1.82) is 0 Å². The van der Waals surface area contributed by atoms with Crippen LogP contribution in [0.2, 0.25) is 0 Å². The molecule has 1 saturated carbocycles. The van der Waals surface area contributed by atoms with Crippen molar-refractivity contribution in [2.75, 3.05) is 13.7 Å². The predicted octanol–water partition coefficient (Wildman–Crippen LogP) is 3.42. The molecule has 3 rings (SSSR count). The normalized spacial score (nSPS) is 18.8. The molecule has 5 nitrogen and oxygen atoms in total. The van der Waals surface area contributed by atoms with Crippen LogP contribution in [0.4, 0.5) is 0 Å². The van der Waals surface area contributed by atoms with E-state index in [1.54, 1.807) is 13.2 Å². The van der Waals surface area contributed by atoms with Gasteiger partial charge in [0.1, 0.15) is 0 Å². The van der Waals surface area contributed by atoms with Crippen molar-refractivity contribution >= 4 is 11.9 Å². The fraction of sp³-hybridized carbons (Fsp3) is 0.300. The van der Waals surface area contributed by atoms with Gasteiger partial charge in [0.25, 0.3) is 0 Å². The van der Waals surface area contributed by atoms with Crippen molar-refractivity contribution in [3.8, 4) is 0 Å². The molecule has 1 fully saturated rings. The molecule has 0 amide bonds. The minimum Gasteiger partial charge on any atom is -0.478 e. The summed E-state index contributed by atoms with van der Waals surface area (Å²) in [5.41, 5.74) is 2.90. The Morgan fingerprint density at radius 3 is 2.60 bits per heavy atom. The Balaban J connectivity index is 1.83. The minimum atomic E-state index is -1.13. The molecule has 0 radical (unpaired) electrons. The summed E-state index contributed by atoms with van der Waals surface area (Å²) in [7, 11) is 1.71. The van der Waals surface area contributed by atoms with Gasteiger partial charge < -0.3 is 14.9 Å². The van der Waals surface area contributed by atoms with Crippen LogP contribution in [-0.4, -0.2) is 35.9 Å². The Kier molecular flexibility index (Phi) is 4.86. The van der Waals surface area contributed by atoms with Crippen LogP contribution in [-0.2, 0) is 11.2 Å². The fourth-order valence-electron chi connectivity index (χ4n) is 3.27. The average Bonchev–Trinajstić information content (AvgIpc) is 3.35. The van der Waals surface area contributed by atoms with Crippen molar-refractivity contribution in [1.82, 2.24) is 0 Å². The highest BCUT2D eigenvalue weighted by molar-refractivity contribution is 5.94. The van der Waals surface area contributed by atoms with Gasteiger partial charge in [-0.1, -0.05) is 30.3 Å². The lowest BCUT2D eigenvalue weighted by Gasteiger charge is -2.09. The Morgan fingerprint density at radius 1 is 1.12 bits per heavy atom. The molecule has 0 spiro atoms. The van der Waals surface area contributed by atoms with Crippen LogP contribution < -0.4 is 0 Å². The zero-order valence-corrected chi connectivity index (χ0v) is 13.9. The summed E-state index contributed by atoms with van der Waals surface area (Å²) in [6.45, 7) is 0.759. The van der Waals surface area contributed by atoms with Crippen LogP contribution in [0, 0.1) is 5.92 Å². The molecule has 2 N–H and O–H groups in total. The van der Waals surface area contributed by atoms with E-state index in [-0.39, 0.29) is 11.1 Å². The highest BCUT2D eigenvalue weighted by atomic mass is 16.5. The van der Waals surface area contributed by atoms with Gasteiger partial charge in [-0.2, -0.15) is 0 Å². The molecule has 0 aliphatic heterocycles. The van der Waals surface area contributed by atoms with Crippen LogP contribution in [0.1, 0.15) is 49.7 Å². The first-order chi connectivity index (χ1) is 12.0. The Bertz CT molecular complexity index is 811. The van der Waals surface area contributed by atoms with Gasteiger partial charge in [-0.05, 0) is 53.5 Å². The summed E-state index contributed by atoms with van der Waals surface area (Å²) in [6.07, 6.45) is 1.57. The largest absolute Gasteiger partial charge is 0.478 e. The van der Waals surface area contributed by atoms with Gasteiger partial charge >= 0.3 is 11.9 Å². The van der Waals surface area contributed by atoms with Crippen molar-refractivity contribution in [3.63, 3.8) is 0 Å². The summed E-state index contributed by atoms with van der Waals surface area (Å²) in [4.78, 5) is 22.5. The summed E-state index contributed by atoms with van der Waals surface area (Å²) >= 11 is 0. The van der Waals surface area contributed by atoms with Crippen LogP contribution in [0.25, 0.3) is 0 Å². The summed E-state index contributed by atoms with van der Waals surface area (Å²) in [5.74, 6) is -1.18. The second kappa shape index (κ2) is 7.07. The molecule has 1 aliphatic rings.